The van der Waals surface area contributed by atoms with Gasteiger partial charge in [0.05, 0.1) is 19.3 Å². The second-order valence-corrected chi connectivity index (χ2v) is 5.50. The molecule has 0 bridgehead atoms. The molecule has 0 radical (unpaired) electrons. The minimum Gasteiger partial charge on any atom is -0.480 e. The van der Waals surface area contributed by atoms with E-state index in [0.29, 0.717) is 17.6 Å². The van der Waals surface area contributed by atoms with Crippen LogP contribution >= 0.6 is 22.9 Å². The first-order valence-electron chi connectivity index (χ1n) is 6.04. The van der Waals surface area contributed by atoms with Crippen molar-refractivity contribution in [3.63, 3.8) is 0 Å². The van der Waals surface area contributed by atoms with Gasteiger partial charge in [-0.25, -0.2) is 4.98 Å². The van der Waals surface area contributed by atoms with Crippen molar-refractivity contribution >= 4 is 33.6 Å². The van der Waals surface area contributed by atoms with Crippen LogP contribution in [0.5, 0.6) is 5.88 Å². The average molecular weight is 309 g/mol. The third-order valence-corrected chi connectivity index (χ3v) is 4.11. The molecule has 0 unspecified atom stereocenters. The van der Waals surface area contributed by atoms with Crippen LogP contribution in [0.4, 0.5) is 5.69 Å². The second-order valence-electron chi connectivity index (χ2n) is 4.27. The lowest BCUT2D eigenvalue weighted by Crippen LogP contribution is -2.05. The predicted octanol–water partition coefficient (Wildman–Crippen LogP) is 3.37. The molecule has 0 aromatic carbocycles. The van der Waals surface area contributed by atoms with Gasteiger partial charge in [0.25, 0.3) is 0 Å². The van der Waals surface area contributed by atoms with Crippen LogP contribution in [0.2, 0.25) is 5.15 Å². The summed E-state index contributed by atoms with van der Waals surface area (Å²) in [5.74, 6) is 0.627. The van der Waals surface area contributed by atoms with Crippen LogP contribution in [0.1, 0.15) is 11.3 Å². The zero-order chi connectivity index (χ0) is 14.1. The number of pyridine rings is 1. The van der Waals surface area contributed by atoms with E-state index in [1.54, 1.807) is 24.6 Å². The lowest BCUT2D eigenvalue weighted by atomic mass is 10.2. The van der Waals surface area contributed by atoms with Gasteiger partial charge in [-0.15, -0.1) is 11.3 Å². The van der Waals surface area contributed by atoms with Gasteiger partial charge >= 0.3 is 0 Å². The lowest BCUT2D eigenvalue weighted by molar-refractivity contribution is 0.395. The fraction of sp³-hybridized carbons (Fsp3) is 0.231. The summed E-state index contributed by atoms with van der Waals surface area (Å²) in [4.78, 5) is 9.41. The van der Waals surface area contributed by atoms with Crippen molar-refractivity contribution in [2.75, 3.05) is 12.4 Å². The Labute approximate surface area is 125 Å². The van der Waals surface area contributed by atoms with Crippen LogP contribution in [-0.4, -0.2) is 21.5 Å². The summed E-state index contributed by atoms with van der Waals surface area (Å²) in [5, 5.41) is 5.77. The molecule has 0 aliphatic heterocycles. The molecule has 0 atom stereocenters. The number of thiazole rings is 1. The van der Waals surface area contributed by atoms with E-state index in [9.17, 15) is 0 Å². The maximum atomic E-state index is 6.12. The van der Waals surface area contributed by atoms with Gasteiger partial charge in [-0.2, -0.15) is 4.98 Å². The van der Waals surface area contributed by atoms with Gasteiger partial charge in [-0.1, -0.05) is 11.6 Å². The Hall–Kier alpha value is -1.79. The summed E-state index contributed by atoms with van der Waals surface area (Å²) in [6.45, 7) is 2.55. The molecule has 3 aromatic heterocycles. The molecule has 0 aliphatic rings. The quantitative estimate of drug-likeness (QED) is 0.751. The van der Waals surface area contributed by atoms with Gasteiger partial charge in [0.15, 0.2) is 10.1 Å². The number of rotatable bonds is 4. The minimum atomic E-state index is 0.468. The van der Waals surface area contributed by atoms with Gasteiger partial charge in [-0.05, 0) is 18.6 Å². The monoisotopic (exact) mass is 308 g/mol. The number of ether oxygens (including phenoxy) is 1. The summed E-state index contributed by atoms with van der Waals surface area (Å²) < 4.78 is 7.33. The van der Waals surface area contributed by atoms with Crippen molar-refractivity contribution in [2.45, 2.75) is 13.5 Å². The fourth-order valence-electron chi connectivity index (χ4n) is 2.05. The number of methoxy groups -OCH3 is 1. The lowest BCUT2D eigenvalue weighted by Gasteiger charge is -2.10. The first kappa shape index (κ1) is 13.2. The first-order valence-corrected chi connectivity index (χ1v) is 7.30. The summed E-state index contributed by atoms with van der Waals surface area (Å²) in [6, 6.07) is 1.92. The average Bonchev–Trinajstić information content (AvgIpc) is 2.99. The highest BCUT2D eigenvalue weighted by molar-refractivity contribution is 7.15. The van der Waals surface area contributed by atoms with Crippen molar-refractivity contribution in [2.24, 2.45) is 0 Å². The third-order valence-electron chi connectivity index (χ3n) is 3.06. The van der Waals surface area contributed by atoms with E-state index in [2.05, 4.69) is 15.3 Å². The Balaban J connectivity index is 1.92. The number of aromatic nitrogens is 3. The molecule has 104 valence electrons. The first-order chi connectivity index (χ1) is 9.70. The number of hydrogen-bond donors (Lipinski definition) is 1. The van der Waals surface area contributed by atoms with E-state index in [-0.39, 0.29) is 0 Å². The number of nitrogens with one attached hydrogen (secondary N) is 1. The Kier molecular flexibility index (Phi) is 3.50. The second kappa shape index (κ2) is 5.30. The number of anilines is 1. The highest BCUT2D eigenvalue weighted by Gasteiger charge is 2.14. The Bertz CT molecular complexity index is 732. The number of fused-ring (bicyclic) bond motifs is 1. The number of halogens is 1. The molecular formula is C13H13ClN4OS. The molecule has 7 heteroatoms. The van der Waals surface area contributed by atoms with E-state index in [1.807, 2.05) is 29.0 Å². The predicted molar refractivity (Wildman–Crippen MR) is 80.9 cm³/mol. The van der Waals surface area contributed by atoms with Crippen molar-refractivity contribution in [1.82, 2.24) is 14.4 Å². The smallest absolute Gasteiger partial charge is 0.238 e. The molecule has 3 aromatic rings. The number of hydrogen-bond acceptors (Lipinski definition) is 5. The van der Waals surface area contributed by atoms with Crippen molar-refractivity contribution in [3.05, 3.63) is 40.3 Å². The third kappa shape index (κ3) is 2.21. The zero-order valence-corrected chi connectivity index (χ0v) is 12.6. The summed E-state index contributed by atoms with van der Waals surface area (Å²) in [7, 11) is 1.62. The molecule has 1 N–H and O–H groups in total. The maximum absolute atomic E-state index is 6.12. The van der Waals surface area contributed by atoms with E-state index < -0.39 is 0 Å². The molecule has 20 heavy (non-hydrogen) atoms. The number of imidazole rings is 1. The highest BCUT2D eigenvalue weighted by Crippen LogP contribution is 2.27. The van der Waals surface area contributed by atoms with Gasteiger partial charge in [0.1, 0.15) is 5.69 Å². The number of aryl methyl sites for hydroxylation is 1. The molecule has 0 spiro atoms. The van der Waals surface area contributed by atoms with E-state index in [4.69, 9.17) is 16.3 Å². The van der Waals surface area contributed by atoms with Crippen LogP contribution in [0.15, 0.2) is 23.8 Å². The normalized spacial score (nSPS) is 10.9. The van der Waals surface area contributed by atoms with E-state index >= 15 is 0 Å². The minimum absolute atomic E-state index is 0.468. The molecular weight excluding hydrogens is 296 g/mol. The molecule has 0 aliphatic carbocycles. The van der Waals surface area contributed by atoms with Gasteiger partial charge in [0, 0.05) is 17.8 Å². The highest BCUT2D eigenvalue weighted by atomic mass is 35.5. The zero-order valence-electron chi connectivity index (χ0n) is 11.1. The van der Waals surface area contributed by atoms with E-state index in [1.165, 1.54) is 0 Å². The van der Waals surface area contributed by atoms with E-state index in [0.717, 1.165) is 21.9 Å². The summed E-state index contributed by atoms with van der Waals surface area (Å²) in [6.07, 6.45) is 3.67. The Morgan fingerprint density at radius 1 is 1.50 bits per heavy atom. The molecule has 0 saturated heterocycles. The van der Waals surface area contributed by atoms with Crippen LogP contribution < -0.4 is 10.1 Å². The van der Waals surface area contributed by atoms with Crippen LogP contribution in [0.25, 0.3) is 4.96 Å². The molecule has 3 rings (SSSR count). The van der Waals surface area contributed by atoms with Crippen molar-refractivity contribution in [3.8, 4) is 5.88 Å². The van der Waals surface area contributed by atoms with Gasteiger partial charge < -0.3 is 10.1 Å². The molecule has 3 heterocycles. The maximum Gasteiger partial charge on any atom is 0.238 e. The molecule has 0 amide bonds. The number of nitrogens with zero attached hydrogens (tertiary/aromatic N) is 3. The summed E-state index contributed by atoms with van der Waals surface area (Å²) in [5.41, 5.74) is 2.85. The largest absolute Gasteiger partial charge is 0.480 e. The molecule has 5 nitrogen and oxygen atoms in total. The Morgan fingerprint density at radius 2 is 2.35 bits per heavy atom. The van der Waals surface area contributed by atoms with Gasteiger partial charge in [0.2, 0.25) is 5.88 Å². The van der Waals surface area contributed by atoms with Gasteiger partial charge in [-0.3, -0.25) is 4.40 Å². The fourth-order valence-corrected chi connectivity index (χ4v) is 3.04. The molecule has 0 fully saturated rings. The summed E-state index contributed by atoms with van der Waals surface area (Å²) >= 11 is 7.69. The topological polar surface area (TPSA) is 51.5 Å². The van der Waals surface area contributed by atoms with Crippen molar-refractivity contribution < 1.29 is 4.74 Å². The molecule has 0 saturated carbocycles. The SMILES string of the molecule is COc1nc2sccn2c1CNc1c(C)ccnc1Cl. The Morgan fingerprint density at radius 3 is 3.10 bits per heavy atom. The van der Waals surface area contributed by atoms with Crippen LogP contribution in [-0.2, 0) is 6.54 Å². The van der Waals surface area contributed by atoms with Crippen molar-refractivity contribution in [1.29, 1.82) is 0 Å². The van der Waals surface area contributed by atoms with Crippen LogP contribution in [0.3, 0.4) is 0 Å². The standard InChI is InChI=1S/C13H13ClN4OS/c1-8-3-4-15-11(14)10(8)16-7-9-12(19-2)17-13-18(9)5-6-20-13/h3-6,16H,7H2,1-2H3. The van der Waals surface area contributed by atoms with Crippen LogP contribution in [0, 0.1) is 6.92 Å².